The minimum atomic E-state index is -0.477. The lowest BCUT2D eigenvalue weighted by Gasteiger charge is -2.01. The highest BCUT2D eigenvalue weighted by Crippen LogP contribution is 2.21. The number of rotatable bonds is 5. The molecule has 2 aromatic rings. The first-order valence-electron chi connectivity index (χ1n) is 6.28. The minimum absolute atomic E-state index is 0.0154. The number of methoxy groups -OCH3 is 1. The Morgan fingerprint density at radius 2 is 1.95 bits per heavy atom. The average molecular weight is 299 g/mol. The van der Waals surface area contributed by atoms with Crippen LogP contribution in [0.4, 0.5) is 5.69 Å². The van der Waals surface area contributed by atoms with E-state index in [0.717, 1.165) is 0 Å². The molecule has 0 aliphatic heterocycles. The van der Waals surface area contributed by atoms with Crippen molar-refractivity contribution < 1.29 is 14.8 Å². The molecule has 2 aromatic carbocycles. The molecule has 0 aliphatic rings. The van der Waals surface area contributed by atoms with Gasteiger partial charge in [-0.25, -0.2) is 0 Å². The van der Waals surface area contributed by atoms with Crippen molar-refractivity contribution in [2.24, 2.45) is 10.2 Å². The Balaban J connectivity index is 2.12. The number of hydrogen-bond donors (Lipinski definition) is 1. The summed E-state index contributed by atoms with van der Waals surface area (Å²) in [5.41, 5.74) is 0.995. The number of non-ortho nitro benzene ring substituents is 1. The zero-order chi connectivity index (χ0) is 15.9. The molecule has 0 atom stereocenters. The largest absolute Gasteiger partial charge is 0.507 e. The molecule has 0 radical (unpaired) electrons. The van der Waals surface area contributed by atoms with E-state index in [1.165, 1.54) is 37.7 Å². The van der Waals surface area contributed by atoms with Crippen molar-refractivity contribution in [3.05, 3.63) is 63.7 Å². The highest BCUT2D eigenvalue weighted by Gasteiger charge is 2.03. The van der Waals surface area contributed by atoms with Crippen LogP contribution in [0.3, 0.4) is 0 Å². The highest BCUT2D eigenvalue weighted by atomic mass is 16.6. The Labute approximate surface area is 126 Å². The number of hydrogen-bond acceptors (Lipinski definition) is 6. The van der Waals surface area contributed by atoms with Gasteiger partial charge in [0.05, 0.1) is 24.5 Å². The lowest BCUT2D eigenvalue weighted by molar-refractivity contribution is -0.384. The van der Waals surface area contributed by atoms with Gasteiger partial charge < -0.3 is 9.84 Å². The van der Waals surface area contributed by atoms with Gasteiger partial charge in [-0.1, -0.05) is 12.1 Å². The number of benzene rings is 2. The van der Waals surface area contributed by atoms with Gasteiger partial charge in [-0.2, -0.15) is 10.2 Å². The molecule has 0 aromatic heterocycles. The van der Waals surface area contributed by atoms with E-state index in [9.17, 15) is 15.2 Å². The maximum Gasteiger partial charge on any atom is 0.270 e. The monoisotopic (exact) mass is 299 g/mol. The van der Waals surface area contributed by atoms with Gasteiger partial charge in [0.25, 0.3) is 5.69 Å². The fourth-order valence-electron chi connectivity index (χ4n) is 1.68. The standard InChI is InChI=1S/C15H13N3O4/c1-22-14-5-6-15(19)12(8-14)10-17-16-9-11-3-2-4-13(7-11)18(20)21/h2-10,19H,1H3/b16-9+,17-10+. The van der Waals surface area contributed by atoms with Crippen LogP contribution in [0.15, 0.2) is 52.7 Å². The molecule has 2 rings (SSSR count). The normalized spacial score (nSPS) is 11.1. The molecule has 0 saturated carbocycles. The number of aromatic hydroxyl groups is 1. The van der Waals surface area contributed by atoms with E-state index in [-0.39, 0.29) is 11.4 Å². The van der Waals surface area contributed by atoms with Crippen LogP contribution in [0.2, 0.25) is 0 Å². The van der Waals surface area contributed by atoms with E-state index in [0.29, 0.717) is 16.9 Å². The predicted octanol–water partition coefficient (Wildman–Crippen LogP) is 2.76. The second-order valence-corrected chi connectivity index (χ2v) is 4.27. The topological polar surface area (TPSA) is 97.3 Å². The Hall–Kier alpha value is -3.22. The van der Waals surface area contributed by atoms with E-state index >= 15 is 0 Å². The first-order valence-corrected chi connectivity index (χ1v) is 6.28. The summed E-state index contributed by atoms with van der Waals surface area (Å²) in [5, 5.41) is 27.9. The Bertz CT molecular complexity index is 741. The Kier molecular flexibility index (Phi) is 4.81. The third kappa shape index (κ3) is 3.89. The van der Waals surface area contributed by atoms with E-state index in [2.05, 4.69) is 10.2 Å². The maximum atomic E-state index is 10.7. The molecular formula is C15H13N3O4. The maximum absolute atomic E-state index is 10.7. The van der Waals surface area contributed by atoms with E-state index in [1.807, 2.05) is 0 Å². The average Bonchev–Trinajstić information content (AvgIpc) is 2.53. The molecule has 0 saturated heterocycles. The van der Waals surface area contributed by atoms with E-state index in [1.54, 1.807) is 24.3 Å². The first-order chi connectivity index (χ1) is 10.6. The third-order valence-electron chi connectivity index (χ3n) is 2.79. The number of nitro benzene ring substituents is 1. The molecule has 22 heavy (non-hydrogen) atoms. The van der Waals surface area contributed by atoms with Crippen molar-refractivity contribution in [2.45, 2.75) is 0 Å². The molecule has 7 heteroatoms. The van der Waals surface area contributed by atoms with Gasteiger partial charge in [0.1, 0.15) is 11.5 Å². The Morgan fingerprint density at radius 3 is 2.68 bits per heavy atom. The van der Waals surface area contributed by atoms with Gasteiger partial charge in [0.15, 0.2) is 0 Å². The van der Waals surface area contributed by atoms with Crippen LogP contribution >= 0.6 is 0 Å². The second kappa shape index (κ2) is 6.98. The number of phenols is 1. The smallest absolute Gasteiger partial charge is 0.270 e. The van der Waals surface area contributed by atoms with E-state index in [4.69, 9.17) is 4.74 Å². The quantitative estimate of drug-likeness (QED) is 0.521. The molecule has 0 fully saturated rings. The van der Waals surface area contributed by atoms with Crippen molar-refractivity contribution in [1.29, 1.82) is 0 Å². The van der Waals surface area contributed by atoms with Gasteiger partial charge >= 0.3 is 0 Å². The molecule has 0 unspecified atom stereocenters. The van der Waals surface area contributed by atoms with Gasteiger partial charge in [-0.15, -0.1) is 0 Å². The summed E-state index contributed by atoms with van der Waals surface area (Å²) in [5.74, 6) is 0.636. The van der Waals surface area contributed by atoms with Gasteiger partial charge in [-0.3, -0.25) is 10.1 Å². The summed E-state index contributed by atoms with van der Waals surface area (Å²) in [6, 6.07) is 10.8. The predicted molar refractivity (Wildman–Crippen MR) is 82.9 cm³/mol. The second-order valence-electron chi connectivity index (χ2n) is 4.27. The number of phenolic OH excluding ortho intramolecular Hbond substituents is 1. The lowest BCUT2D eigenvalue weighted by Crippen LogP contribution is -1.89. The van der Waals surface area contributed by atoms with Gasteiger partial charge in [0, 0.05) is 23.3 Å². The summed E-state index contributed by atoms with van der Waals surface area (Å²) >= 11 is 0. The van der Waals surface area contributed by atoms with Crippen molar-refractivity contribution in [1.82, 2.24) is 0 Å². The van der Waals surface area contributed by atoms with Crippen LogP contribution in [0.1, 0.15) is 11.1 Å². The van der Waals surface area contributed by atoms with Crippen LogP contribution in [0, 0.1) is 10.1 Å². The fourth-order valence-corrected chi connectivity index (χ4v) is 1.68. The van der Waals surface area contributed by atoms with Crippen LogP contribution < -0.4 is 4.74 Å². The Morgan fingerprint density at radius 1 is 1.18 bits per heavy atom. The molecule has 112 valence electrons. The zero-order valence-electron chi connectivity index (χ0n) is 11.7. The van der Waals surface area contributed by atoms with Crippen LogP contribution in [0.5, 0.6) is 11.5 Å². The molecule has 7 nitrogen and oxygen atoms in total. The third-order valence-corrected chi connectivity index (χ3v) is 2.79. The molecular weight excluding hydrogens is 286 g/mol. The number of nitrogens with zero attached hydrogens (tertiary/aromatic N) is 3. The van der Waals surface area contributed by atoms with Gasteiger partial charge in [-0.05, 0) is 18.2 Å². The van der Waals surface area contributed by atoms with Crippen LogP contribution in [0.25, 0.3) is 0 Å². The molecule has 1 N–H and O–H groups in total. The number of ether oxygens (including phenoxy) is 1. The van der Waals surface area contributed by atoms with Crippen molar-refractivity contribution in [3.8, 4) is 11.5 Å². The summed E-state index contributed by atoms with van der Waals surface area (Å²) in [6.45, 7) is 0. The summed E-state index contributed by atoms with van der Waals surface area (Å²) < 4.78 is 5.05. The molecule has 0 heterocycles. The first kappa shape index (κ1) is 15.2. The molecule has 0 spiro atoms. The fraction of sp³-hybridized carbons (Fsp3) is 0.0667. The van der Waals surface area contributed by atoms with Gasteiger partial charge in [0.2, 0.25) is 0 Å². The van der Waals surface area contributed by atoms with Crippen LogP contribution in [-0.2, 0) is 0 Å². The number of nitro groups is 1. The minimum Gasteiger partial charge on any atom is -0.507 e. The molecule has 0 bridgehead atoms. The zero-order valence-corrected chi connectivity index (χ0v) is 11.7. The molecule has 0 amide bonds. The van der Waals surface area contributed by atoms with Crippen molar-refractivity contribution in [3.63, 3.8) is 0 Å². The lowest BCUT2D eigenvalue weighted by atomic mass is 10.2. The molecule has 0 aliphatic carbocycles. The van der Waals surface area contributed by atoms with Crippen molar-refractivity contribution >= 4 is 18.1 Å². The highest BCUT2D eigenvalue weighted by molar-refractivity contribution is 5.85. The summed E-state index contributed by atoms with van der Waals surface area (Å²) in [4.78, 5) is 10.2. The summed E-state index contributed by atoms with van der Waals surface area (Å²) in [6.07, 6.45) is 2.76. The van der Waals surface area contributed by atoms with Crippen molar-refractivity contribution in [2.75, 3.05) is 7.11 Å². The SMILES string of the molecule is COc1ccc(O)c(/C=N/N=C/c2cccc([N+](=O)[O-])c2)c1. The van der Waals surface area contributed by atoms with Crippen LogP contribution in [-0.4, -0.2) is 29.6 Å². The summed E-state index contributed by atoms with van der Waals surface area (Å²) in [7, 11) is 1.52. The van der Waals surface area contributed by atoms with E-state index < -0.39 is 4.92 Å².